The molecule has 7 heteroatoms. The van der Waals surface area contributed by atoms with Crippen molar-refractivity contribution in [2.75, 3.05) is 0 Å². The number of nitro benzene ring substituents is 1. The van der Waals surface area contributed by atoms with Crippen LogP contribution in [0.15, 0.2) is 70.1 Å². The van der Waals surface area contributed by atoms with E-state index in [1.165, 1.54) is 12.1 Å². The third-order valence-corrected chi connectivity index (χ3v) is 4.90. The van der Waals surface area contributed by atoms with Crippen LogP contribution in [-0.4, -0.2) is 16.5 Å². The van der Waals surface area contributed by atoms with E-state index in [-0.39, 0.29) is 5.69 Å². The Hall–Kier alpha value is -3.32. The summed E-state index contributed by atoms with van der Waals surface area (Å²) in [5, 5.41) is 17.5. The molecule has 4 rings (SSSR count). The molecule has 128 valence electrons. The van der Waals surface area contributed by atoms with Crippen molar-refractivity contribution in [1.29, 1.82) is 0 Å². The Labute approximate surface area is 153 Å². The number of hydrogen-bond acceptors (Lipinski definition) is 6. The summed E-state index contributed by atoms with van der Waals surface area (Å²) in [6.07, 6.45) is 0. The lowest BCUT2D eigenvalue weighted by Gasteiger charge is -2.08. The number of nitrogens with one attached hydrogen (secondary N) is 1. The minimum Gasteiger partial charge on any atom is -0.260 e. The van der Waals surface area contributed by atoms with E-state index in [2.05, 4.69) is 10.5 Å². The molecule has 0 fully saturated rings. The van der Waals surface area contributed by atoms with Gasteiger partial charge >= 0.3 is 0 Å². The Morgan fingerprint density at radius 1 is 1.12 bits per heavy atom. The zero-order chi connectivity index (χ0) is 18.1. The smallest absolute Gasteiger partial charge is 0.260 e. The molecule has 0 aliphatic carbocycles. The maximum absolute atomic E-state index is 10.9. The second-order valence-corrected chi connectivity index (χ2v) is 6.78. The molecule has 1 N–H and O–H groups in total. The molecule has 0 spiro atoms. The van der Waals surface area contributed by atoms with Crippen molar-refractivity contribution < 1.29 is 4.92 Å². The van der Waals surface area contributed by atoms with Gasteiger partial charge in [0.25, 0.3) is 5.69 Å². The first-order valence-electron chi connectivity index (χ1n) is 7.94. The summed E-state index contributed by atoms with van der Waals surface area (Å²) in [4.78, 5) is 16.2. The molecule has 1 aliphatic rings. The van der Waals surface area contributed by atoms with Crippen LogP contribution in [0.2, 0.25) is 0 Å². The van der Waals surface area contributed by atoms with E-state index in [0.717, 1.165) is 27.3 Å². The van der Waals surface area contributed by atoms with Gasteiger partial charge in [0, 0.05) is 23.3 Å². The Morgan fingerprint density at radius 3 is 2.62 bits per heavy atom. The lowest BCUT2D eigenvalue weighted by atomic mass is 9.99. The number of fused-ring (bicyclic) bond motifs is 1. The van der Waals surface area contributed by atoms with E-state index in [4.69, 9.17) is 4.99 Å². The van der Waals surface area contributed by atoms with Crippen molar-refractivity contribution >= 4 is 34.3 Å². The Morgan fingerprint density at radius 2 is 1.92 bits per heavy atom. The maximum Gasteiger partial charge on any atom is 0.269 e. The van der Waals surface area contributed by atoms with Crippen molar-refractivity contribution in [3.05, 3.63) is 91.7 Å². The molecule has 0 bridgehead atoms. The molecule has 0 atom stereocenters. The van der Waals surface area contributed by atoms with E-state index >= 15 is 0 Å². The lowest BCUT2D eigenvalue weighted by Crippen LogP contribution is -2.18. The third-order valence-electron chi connectivity index (χ3n) is 4.02. The average molecular weight is 362 g/mol. The fourth-order valence-electron chi connectivity index (χ4n) is 2.74. The molecule has 0 saturated heterocycles. The highest BCUT2D eigenvalue weighted by Gasteiger charge is 2.18. The fraction of sp³-hybridized carbons (Fsp3) is 0.0526. The third kappa shape index (κ3) is 3.00. The quantitative estimate of drug-likeness (QED) is 0.554. The first-order valence-corrected chi connectivity index (χ1v) is 8.82. The number of aryl methyl sites for hydroxylation is 1. The van der Waals surface area contributed by atoms with E-state index in [1.54, 1.807) is 23.5 Å². The minimum atomic E-state index is -0.410. The zero-order valence-electron chi connectivity index (χ0n) is 13.8. The van der Waals surface area contributed by atoms with Gasteiger partial charge in [-0.3, -0.25) is 15.5 Å². The number of benzene rings is 2. The van der Waals surface area contributed by atoms with Crippen LogP contribution >= 0.6 is 11.3 Å². The van der Waals surface area contributed by atoms with E-state index in [0.29, 0.717) is 11.5 Å². The van der Waals surface area contributed by atoms with Gasteiger partial charge in [0.1, 0.15) is 0 Å². The van der Waals surface area contributed by atoms with Gasteiger partial charge in [-0.15, -0.1) is 11.3 Å². The molecule has 1 aliphatic heterocycles. The molecule has 0 saturated carbocycles. The molecular weight excluding hydrogens is 348 g/mol. The first-order chi connectivity index (χ1) is 12.6. The molecular formula is C19H14N4O2S. The maximum atomic E-state index is 10.9. The zero-order valence-corrected chi connectivity index (χ0v) is 14.7. The summed E-state index contributed by atoms with van der Waals surface area (Å²) >= 11 is 1.58. The SMILES string of the molecule is Cc1ccc2c(c1)C(c1ccc([N+](=O)[O-])cc1)=NNC(c1cccs1)=N2. The van der Waals surface area contributed by atoms with Crippen molar-refractivity contribution in [2.24, 2.45) is 10.1 Å². The molecule has 6 nitrogen and oxygen atoms in total. The van der Waals surface area contributed by atoms with E-state index in [9.17, 15) is 10.1 Å². The summed E-state index contributed by atoms with van der Waals surface area (Å²) in [6.45, 7) is 2.01. The Bertz CT molecular complexity index is 1040. The van der Waals surface area contributed by atoms with Crippen LogP contribution in [0.25, 0.3) is 0 Å². The molecule has 0 amide bonds. The fourth-order valence-corrected chi connectivity index (χ4v) is 3.40. The normalized spacial score (nSPS) is 13.1. The number of thiophene rings is 1. The van der Waals surface area contributed by atoms with E-state index < -0.39 is 4.92 Å². The largest absolute Gasteiger partial charge is 0.269 e. The van der Waals surface area contributed by atoms with Crippen LogP contribution in [0.4, 0.5) is 11.4 Å². The highest BCUT2D eigenvalue weighted by molar-refractivity contribution is 7.12. The summed E-state index contributed by atoms with van der Waals surface area (Å²) in [6, 6.07) is 16.3. The van der Waals surface area contributed by atoms with Crippen molar-refractivity contribution in [3.8, 4) is 0 Å². The second-order valence-electron chi connectivity index (χ2n) is 5.83. The monoisotopic (exact) mass is 362 g/mol. The van der Waals surface area contributed by atoms with Crippen molar-refractivity contribution in [3.63, 3.8) is 0 Å². The summed E-state index contributed by atoms with van der Waals surface area (Å²) in [5.41, 5.74) is 7.38. The molecule has 26 heavy (non-hydrogen) atoms. The molecule has 0 unspecified atom stereocenters. The van der Waals surface area contributed by atoms with Crippen molar-refractivity contribution in [1.82, 2.24) is 5.43 Å². The number of amidine groups is 1. The van der Waals surface area contributed by atoms with Gasteiger partial charge in [0.2, 0.25) is 0 Å². The number of rotatable bonds is 3. The van der Waals surface area contributed by atoms with Gasteiger partial charge in [-0.1, -0.05) is 17.7 Å². The number of aliphatic imine (C=N–C) groups is 1. The van der Waals surface area contributed by atoms with E-state index in [1.807, 2.05) is 42.6 Å². The Kier molecular flexibility index (Phi) is 4.06. The topological polar surface area (TPSA) is 79.9 Å². The van der Waals surface area contributed by atoms with Crippen LogP contribution in [0.3, 0.4) is 0 Å². The molecule has 3 aromatic rings. The number of hydrogen-bond donors (Lipinski definition) is 1. The Balaban J connectivity index is 1.84. The lowest BCUT2D eigenvalue weighted by molar-refractivity contribution is -0.384. The second kappa shape index (κ2) is 6.53. The predicted molar refractivity (Wildman–Crippen MR) is 104 cm³/mol. The van der Waals surface area contributed by atoms with Crippen LogP contribution in [0.5, 0.6) is 0 Å². The van der Waals surface area contributed by atoms with Gasteiger partial charge in [0.15, 0.2) is 5.84 Å². The standard InChI is InChI=1S/C19H14N4O2S/c1-12-4-9-16-15(11-12)18(13-5-7-14(8-6-13)23(24)25)21-22-19(20-16)17-3-2-10-26-17/h2-11H,1H3,(H,20,22). The van der Waals surface area contributed by atoms with Crippen LogP contribution in [0.1, 0.15) is 21.6 Å². The minimum absolute atomic E-state index is 0.0518. The summed E-state index contributed by atoms with van der Waals surface area (Å²) in [7, 11) is 0. The number of nitrogens with zero attached hydrogens (tertiary/aromatic N) is 3. The summed E-state index contributed by atoms with van der Waals surface area (Å²) in [5.74, 6) is 0.682. The van der Waals surface area contributed by atoms with Gasteiger partial charge in [0.05, 0.1) is 21.2 Å². The number of non-ortho nitro benzene ring substituents is 1. The highest BCUT2D eigenvalue weighted by Crippen LogP contribution is 2.28. The first kappa shape index (κ1) is 16.2. The van der Waals surface area contributed by atoms with Crippen LogP contribution in [0, 0.1) is 17.0 Å². The molecule has 2 heterocycles. The molecule has 2 aromatic carbocycles. The van der Waals surface area contributed by atoms with Gasteiger partial charge in [-0.05, 0) is 42.6 Å². The van der Waals surface area contributed by atoms with Crippen molar-refractivity contribution in [2.45, 2.75) is 6.92 Å². The summed E-state index contributed by atoms with van der Waals surface area (Å²) < 4.78 is 0. The molecule has 0 radical (unpaired) electrons. The average Bonchev–Trinajstić information content (AvgIpc) is 3.11. The highest BCUT2D eigenvalue weighted by atomic mass is 32.1. The van der Waals surface area contributed by atoms with Gasteiger partial charge in [-0.25, -0.2) is 4.99 Å². The predicted octanol–water partition coefficient (Wildman–Crippen LogP) is 4.40. The molecule has 1 aromatic heterocycles. The van der Waals surface area contributed by atoms with Crippen LogP contribution in [-0.2, 0) is 0 Å². The number of nitro groups is 1. The number of hydrazone groups is 1. The van der Waals surface area contributed by atoms with Gasteiger partial charge in [-0.2, -0.15) is 5.10 Å². The van der Waals surface area contributed by atoms with Gasteiger partial charge < -0.3 is 0 Å². The van der Waals surface area contributed by atoms with Crippen LogP contribution < -0.4 is 5.43 Å².